The van der Waals surface area contributed by atoms with E-state index in [9.17, 15) is 4.57 Å². The minimum atomic E-state index is -2.27. The lowest BCUT2D eigenvalue weighted by Gasteiger charge is -2.13. The van der Waals surface area contributed by atoms with E-state index in [0.717, 1.165) is 0 Å². The zero-order valence-corrected chi connectivity index (χ0v) is 7.77. The third-order valence-electron chi connectivity index (χ3n) is 2.40. The number of rotatable bonds is 2. The zero-order chi connectivity index (χ0) is 8.11. The molecule has 0 aromatic heterocycles. The fourth-order valence-corrected chi connectivity index (χ4v) is 4.79. The average Bonchev–Trinajstić information content (AvgIpc) is 2.32. The van der Waals surface area contributed by atoms with Gasteiger partial charge >= 0.3 is 0 Å². The second kappa shape index (κ2) is 2.09. The molecule has 0 aromatic carbocycles. The van der Waals surface area contributed by atoms with Crippen LogP contribution < -0.4 is 0 Å². The van der Waals surface area contributed by atoms with Crippen molar-refractivity contribution in [3.63, 3.8) is 0 Å². The van der Waals surface area contributed by atoms with Crippen molar-refractivity contribution < 1.29 is 13.8 Å². The second-order valence-electron chi connectivity index (χ2n) is 3.49. The molecule has 0 spiro atoms. The molecule has 3 atom stereocenters. The molecule has 0 radical (unpaired) electrons. The molecule has 3 unspecified atom stereocenters. The third-order valence-corrected chi connectivity index (χ3v) is 5.13. The molecular weight excluding hydrogens is 163 g/mol. The molecule has 0 aromatic rings. The van der Waals surface area contributed by atoms with Crippen LogP contribution >= 0.6 is 7.37 Å². The highest BCUT2D eigenvalue weighted by atomic mass is 31.2. The summed E-state index contributed by atoms with van der Waals surface area (Å²) in [5.41, 5.74) is -0.0926. The van der Waals surface area contributed by atoms with Gasteiger partial charge in [-0.1, -0.05) is 0 Å². The van der Waals surface area contributed by atoms with Gasteiger partial charge in [0.2, 0.25) is 7.37 Å². The number of hydrogen-bond donors (Lipinski definition) is 0. The van der Waals surface area contributed by atoms with Crippen LogP contribution in [0.5, 0.6) is 0 Å². The molecule has 2 rings (SSSR count). The van der Waals surface area contributed by atoms with Gasteiger partial charge in [0.25, 0.3) is 0 Å². The minimum Gasteiger partial charge on any atom is -0.365 e. The van der Waals surface area contributed by atoms with Crippen LogP contribution in [0.2, 0.25) is 0 Å². The Hall–Kier alpha value is 0.150. The van der Waals surface area contributed by atoms with Crippen molar-refractivity contribution >= 4 is 7.37 Å². The highest BCUT2D eigenvalue weighted by Crippen LogP contribution is 2.64. The number of epoxide rings is 1. The van der Waals surface area contributed by atoms with Gasteiger partial charge in [-0.05, 0) is 13.8 Å². The number of fused-ring (bicyclic) bond motifs is 1. The SMILES string of the molecule is CCOP1(=O)CC2OC2(C)C1. The maximum atomic E-state index is 11.8. The zero-order valence-electron chi connectivity index (χ0n) is 6.87. The minimum absolute atomic E-state index is 0.0926. The summed E-state index contributed by atoms with van der Waals surface area (Å²) in [6.45, 7) is 4.45. The van der Waals surface area contributed by atoms with E-state index < -0.39 is 7.37 Å². The monoisotopic (exact) mass is 176 g/mol. The van der Waals surface area contributed by atoms with E-state index in [1.165, 1.54) is 0 Å². The maximum Gasteiger partial charge on any atom is 0.208 e. The Bertz CT molecular complexity index is 228. The topological polar surface area (TPSA) is 38.8 Å². The summed E-state index contributed by atoms with van der Waals surface area (Å²) in [6, 6.07) is 0. The third kappa shape index (κ3) is 1.16. The highest BCUT2D eigenvalue weighted by molar-refractivity contribution is 7.59. The van der Waals surface area contributed by atoms with Crippen molar-refractivity contribution in [1.29, 1.82) is 0 Å². The van der Waals surface area contributed by atoms with Crippen molar-refractivity contribution in [3.05, 3.63) is 0 Å². The Morgan fingerprint density at radius 1 is 1.82 bits per heavy atom. The summed E-state index contributed by atoms with van der Waals surface area (Å²) in [5.74, 6) is 0. The van der Waals surface area contributed by atoms with Crippen LogP contribution in [0.15, 0.2) is 0 Å². The van der Waals surface area contributed by atoms with Crippen molar-refractivity contribution in [2.75, 3.05) is 18.9 Å². The summed E-state index contributed by atoms with van der Waals surface area (Å²) >= 11 is 0. The maximum absolute atomic E-state index is 11.8. The number of ether oxygens (including phenoxy) is 1. The smallest absolute Gasteiger partial charge is 0.208 e. The lowest BCUT2D eigenvalue weighted by molar-refractivity contribution is 0.286. The van der Waals surface area contributed by atoms with Crippen LogP contribution in [0.3, 0.4) is 0 Å². The summed E-state index contributed by atoms with van der Waals surface area (Å²) in [6.07, 6.45) is 1.48. The highest BCUT2D eigenvalue weighted by Gasteiger charge is 2.64. The van der Waals surface area contributed by atoms with Crippen LogP contribution in [0.4, 0.5) is 0 Å². The molecular formula is C7H13O3P. The Balaban J connectivity index is 2.05. The molecule has 0 bridgehead atoms. The molecule has 0 amide bonds. The van der Waals surface area contributed by atoms with Crippen molar-refractivity contribution in [2.24, 2.45) is 0 Å². The first-order chi connectivity index (χ1) is 5.08. The summed E-state index contributed by atoms with van der Waals surface area (Å²) < 4.78 is 22.3. The van der Waals surface area contributed by atoms with Crippen LogP contribution in [0.1, 0.15) is 13.8 Å². The van der Waals surface area contributed by atoms with E-state index in [1.54, 1.807) is 0 Å². The van der Waals surface area contributed by atoms with E-state index in [1.807, 2.05) is 13.8 Å². The number of hydrogen-bond acceptors (Lipinski definition) is 3. The van der Waals surface area contributed by atoms with Gasteiger partial charge in [0.1, 0.15) is 5.60 Å². The quantitative estimate of drug-likeness (QED) is 0.472. The van der Waals surface area contributed by atoms with E-state index in [2.05, 4.69) is 0 Å². The second-order valence-corrected chi connectivity index (χ2v) is 6.06. The standard InChI is InChI=1S/C7H13O3P/c1-3-9-11(8)4-6-7(2,5-11)10-6/h6H,3-5H2,1-2H3. The van der Waals surface area contributed by atoms with Gasteiger partial charge in [-0.2, -0.15) is 0 Å². The normalized spacial score (nSPS) is 54.2. The van der Waals surface area contributed by atoms with Crippen LogP contribution in [0, 0.1) is 0 Å². The largest absolute Gasteiger partial charge is 0.365 e. The lowest BCUT2D eigenvalue weighted by Crippen LogP contribution is -2.08. The average molecular weight is 176 g/mol. The van der Waals surface area contributed by atoms with Gasteiger partial charge in [-0.3, -0.25) is 4.57 Å². The predicted octanol–water partition coefficient (Wildman–Crippen LogP) is 1.47. The molecule has 11 heavy (non-hydrogen) atoms. The first-order valence-electron chi connectivity index (χ1n) is 3.98. The fraction of sp³-hybridized carbons (Fsp3) is 1.00. The van der Waals surface area contributed by atoms with Gasteiger partial charge < -0.3 is 9.26 Å². The van der Waals surface area contributed by atoms with Crippen LogP contribution in [0.25, 0.3) is 0 Å². The van der Waals surface area contributed by atoms with Crippen LogP contribution in [-0.4, -0.2) is 30.6 Å². The molecule has 2 aliphatic heterocycles. The molecule has 2 fully saturated rings. The Morgan fingerprint density at radius 3 is 3.00 bits per heavy atom. The Morgan fingerprint density at radius 2 is 2.55 bits per heavy atom. The molecule has 3 nitrogen and oxygen atoms in total. The first-order valence-corrected chi connectivity index (χ1v) is 5.98. The molecule has 2 heterocycles. The van der Waals surface area contributed by atoms with Gasteiger partial charge in [0, 0.05) is 0 Å². The van der Waals surface area contributed by atoms with Gasteiger partial charge in [-0.25, -0.2) is 0 Å². The Labute approximate surface area is 66.5 Å². The first kappa shape index (κ1) is 7.78. The van der Waals surface area contributed by atoms with Gasteiger partial charge in [0.05, 0.1) is 25.0 Å². The molecule has 64 valence electrons. The van der Waals surface area contributed by atoms with E-state index in [0.29, 0.717) is 18.9 Å². The van der Waals surface area contributed by atoms with Crippen molar-refractivity contribution in [2.45, 2.75) is 25.6 Å². The van der Waals surface area contributed by atoms with E-state index in [4.69, 9.17) is 9.26 Å². The lowest BCUT2D eigenvalue weighted by atomic mass is 10.2. The molecule has 0 aliphatic carbocycles. The predicted molar refractivity (Wildman–Crippen MR) is 42.2 cm³/mol. The molecule has 4 heteroatoms. The van der Waals surface area contributed by atoms with Crippen LogP contribution in [-0.2, 0) is 13.8 Å². The van der Waals surface area contributed by atoms with Crippen molar-refractivity contribution in [1.82, 2.24) is 0 Å². The van der Waals surface area contributed by atoms with E-state index >= 15 is 0 Å². The molecule has 0 saturated carbocycles. The van der Waals surface area contributed by atoms with Gasteiger partial charge in [-0.15, -0.1) is 0 Å². The summed E-state index contributed by atoms with van der Waals surface area (Å²) in [7, 11) is -2.27. The molecule has 2 aliphatic rings. The molecule has 0 N–H and O–H groups in total. The summed E-state index contributed by atoms with van der Waals surface area (Å²) in [4.78, 5) is 0. The summed E-state index contributed by atoms with van der Waals surface area (Å²) in [5, 5.41) is 0. The Kier molecular flexibility index (Phi) is 1.48. The fourth-order valence-electron chi connectivity index (χ4n) is 1.79. The van der Waals surface area contributed by atoms with Crippen molar-refractivity contribution in [3.8, 4) is 0 Å². The van der Waals surface area contributed by atoms with Gasteiger partial charge in [0.15, 0.2) is 0 Å². The molecule has 2 saturated heterocycles. The van der Waals surface area contributed by atoms with E-state index in [-0.39, 0.29) is 11.7 Å².